The highest BCUT2D eigenvalue weighted by atomic mass is 16.5. The van der Waals surface area contributed by atoms with Gasteiger partial charge in [-0.15, -0.1) is 0 Å². The number of rotatable bonds is 2. The van der Waals surface area contributed by atoms with Crippen molar-refractivity contribution in [1.29, 1.82) is 0 Å². The van der Waals surface area contributed by atoms with Crippen molar-refractivity contribution in [2.45, 2.75) is 31.8 Å². The van der Waals surface area contributed by atoms with E-state index in [1.54, 1.807) is 0 Å². The highest BCUT2D eigenvalue weighted by Gasteiger charge is 2.54. The minimum absolute atomic E-state index is 0.380. The number of ether oxygens (including phenoxy) is 1. The standard InChI is InChI=1S/C21H19NO3/c1-13-12-21(15-8-4-3-5-9-15)19(18(13)25-14(2)23)22-17-11-7-6-10-16(17)20(21)24/h3-11,20,24H,12H2,1-2H3/t20-,21-/m0/s1. The summed E-state index contributed by atoms with van der Waals surface area (Å²) >= 11 is 0. The molecule has 1 heterocycles. The molecule has 1 N–H and O–H groups in total. The molecule has 0 aromatic heterocycles. The molecular weight excluding hydrogens is 314 g/mol. The fraction of sp³-hybridized carbons (Fsp3) is 0.238. The van der Waals surface area contributed by atoms with Crippen molar-refractivity contribution in [2.24, 2.45) is 4.99 Å². The lowest BCUT2D eigenvalue weighted by atomic mass is 9.68. The van der Waals surface area contributed by atoms with Crippen molar-refractivity contribution in [2.75, 3.05) is 0 Å². The third kappa shape index (κ3) is 2.25. The second-order valence-electron chi connectivity index (χ2n) is 6.64. The second kappa shape index (κ2) is 5.67. The molecule has 1 aliphatic heterocycles. The molecule has 0 bridgehead atoms. The normalized spacial score (nSPS) is 24.4. The number of nitrogens with zero attached hydrogens (tertiary/aromatic N) is 1. The Morgan fingerprint density at radius 3 is 2.56 bits per heavy atom. The van der Waals surface area contributed by atoms with E-state index < -0.39 is 11.5 Å². The van der Waals surface area contributed by atoms with E-state index in [4.69, 9.17) is 9.73 Å². The van der Waals surface area contributed by atoms with Crippen LogP contribution in [0.4, 0.5) is 5.69 Å². The summed E-state index contributed by atoms with van der Waals surface area (Å²) in [7, 11) is 0. The van der Waals surface area contributed by atoms with Crippen LogP contribution in [0.3, 0.4) is 0 Å². The van der Waals surface area contributed by atoms with Crippen molar-refractivity contribution in [3.63, 3.8) is 0 Å². The van der Waals surface area contributed by atoms with E-state index in [1.807, 2.05) is 61.5 Å². The Labute approximate surface area is 146 Å². The van der Waals surface area contributed by atoms with Crippen molar-refractivity contribution in [3.8, 4) is 0 Å². The number of aliphatic hydroxyl groups excluding tert-OH is 1. The number of carbonyl (C=O) groups excluding carboxylic acids is 1. The smallest absolute Gasteiger partial charge is 0.308 e. The van der Waals surface area contributed by atoms with Gasteiger partial charge in [-0.25, -0.2) is 4.99 Å². The summed E-state index contributed by atoms with van der Waals surface area (Å²) in [5.74, 6) is 0.110. The monoisotopic (exact) mass is 333 g/mol. The summed E-state index contributed by atoms with van der Waals surface area (Å²) < 4.78 is 5.50. The number of esters is 1. The third-order valence-electron chi connectivity index (χ3n) is 5.03. The number of aliphatic hydroxyl groups is 1. The molecule has 1 aliphatic carbocycles. The van der Waals surface area contributed by atoms with Crippen LogP contribution in [0.15, 0.2) is 70.9 Å². The number of hydrogen-bond acceptors (Lipinski definition) is 4. The zero-order valence-corrected chi connectivity index (χ0v) is 14.2. The molecule has 4 heteroatoms. The first-order valence-electron chi connectivity index (χ1n) is 8.34. The van der Waals surface area contributed by atoms with E-state index >= 15 is 0 Å². The average Bonchev–Trinajstić information content (AvgIpc) is 2.89. The molecule has 0 saturated heterocycles. The fourth-order valence-electron chi connectivity index (χ4n) is 3.98. The highest BCUT2D eigenvalue weighted by molar-refractivity contribution is 6.13. The molecule has 25 heavy (non-hydrogen) atoms. The molecule has 0 amide bonds. The van der Waals surface area contributed by atoms with Gasteiger partial charge in [0.15, 0.2) is 5.76 Å². The molecule has 0 fully saturated rings. The Kier molecular flexibility index (Phi) is 3.58. The summed E-state index contributed by atoms with van der Waals surface area (Å²) in [5, 5.41) is 11.4. The first-order chi connectivity index (χ1) is 12.0. The van der Waals surface area contributed by atoms with Crippen LogP contribution in [0, 0.1) is 0 Å². The van der Waals surface area contributed by atoms with Gasteiger partial charge in [0, 0.05) is 12.5 Å². The number of fused-ring (bicyclic) bond motifs is 2. The van der Waals surface area contributed by atoms with E-state index in [9.17, 15) is 9.90 Å². The van der Waals surface area contributed by atoms with Crippen LogP contribution in [-0.2, 0) is 14.9 Å². The van der Waals surface area contributed by atoms with Crippen LogP contribution in [0.1, 0.15) is 37.5 Å². The van der Waals surface area contributed by atoms with Gasteiger partial charge in [-0.1, -0.05) is 48.5 Å². The summed E-state index contributed by atoms with van der Waals surface area (Å²) in [6, 6.07) is 17.4. The molecule has 0 unspecified atom stereocenters. The van der Waals surface area contributed by atoms with Gasteiger partial charge in [0.2, 0.25) is 0 Å². The van der Waals surface area contributed by atoms with Crippen molar-refractivity contribution in [3.05, 3.63) is 77.1 Å². The topological polar surface area (TPSA) is 58.9 Å². The van der Waals surface area contributed by atoms with E-state index in [0.717, 1.165) is 22.4 Å². The maximum absolute atomic E-state index is 11.6. The van der Waals surface area contributed by atoms with Gasteiger partial charge < -0.3 is 9.84 Å². The molecule has 0 saturated carbocycles. The highest BCUT2D eigenvalue weighted by Crippen LogP contribution is 2.54. The lowest BCUT2D eigenvalue weighted by Gasteiger charge is -2.39. The third-order valence-corrected chi connectivity index (χ3v) is 5.03. The van der Waals surface area contributed by atoms with Crippen LogP contribution in [0.2, 0.25) is 0 Å². The molecule has 4 nitrogen and oxygen atoms in total. The van der Waals surface area contributed by atoms with Gasteiger partial charge in [-0.05, 0) is 30.5 Å². The largest absolute Gasteiger partial charge is 0.425 e. The maximum atomic E-state index is 11.6. The van der Waals surface area contributed by atoms with Crippen molar-refractivity contribution >= 4 is 17.4 Å². The Morgan fingerprint density at radius 1 is 1.16 bits per heavy atom. The average molecular weight is 333 g/mol. The Hall–Kier alpha value is -2.72. The van der Waals surface area contributed by atoms with E-state index in [0.29, 0.717) is 17.9 Å². The van der Waals surface area contributed by atoms with Crippen molar-refractivity contribution in [1.82, 2.24) is 0 Å². The lowest BCUT2D eigenvalue weighted by Crippen LogP contribution is -2.41. The molecule has 4 rings (SSSR count). The summed E-state index contributed by atoms with van der Waals surface area (Å²) in [4.78, 5) is 16.4. The molecule has 2 atom stereocenters. The van der Waals surface area contributed by atoms with Gasteiger partial charge in [0.1, 0.15) is 0 Å². The van der Waals surface area contributed by atoms with E-state index in [1.165, 1.54) is 6.92 Å². The number of aliphatic imine (C=N–C) groups is 1. The van der Waals surface area contributed by atoms with Gasteiger partial charge in [-0.3, -0.25) is 4.79 Å². The zero-order valence-electron chi connectivity index (χ0n) is 14.2. The molecule has 2 aromatic carbocycles. The molecule has 2 aromatic rings. The van der Waals surface area contributed by atoms with Crippen molar-refractivity contribution < 1.29 is 14.6 Å². The van der Waals surface area contributed by atoms with Gasteiger partial charge in [0.25, 0.3) is 0 Å². The molecule has 126 valence electrons. The van der Waals surface area contributed by atoms with Crippen LogP contribution in [0.5, 0.6) is 0 Å². The summed E-state index contributed by atoms with van der Waals surface area (Å²) in [5.41, 5.74) is 3.31. The minimum Gasteiger partial charge on any atom is -0.425 e. The molecule has 2 aliphatic rings. The Morgan fingerprint density at radius 2 is 1.84 bits per heavy atom. The minimum atomic E-state index is -0.762. The van der Waals surface area contributed by atoms with Gasteiger partial charge >= 0.3 is 5.97 Å². The van der Waals surface area contributed by atoms with Crippen LogP contribution >= 0.6 is 0 Å². The summed E-state index contributed by atoms with van der Waals surface area (Å²) in [6.45, 7) is 3.32. The van der Waals surface area contributed by atoms with Gasteiger partial charge in [0.05, 0.1) is 22.9 Å². The molecular formula is C21H19NO3. The number of hydrogen-bond donors (Lipinski definition) is 1. The first kappa shape index (κ1) is 15.8. The Balaban J connectivity index is 1.98. The predicted molar refractivity (Wildman–Crippen MR) is 95.7 cm³/mol. The number of allylic oxidation sites excluding steroid dienone is 2. The number of para-hydroxylation sites is 1. The van der Waals surface area contributed by atoms with E-state index in [2.05, 4.69) is 0 Å². The van der Waals surface area contributed by atoms with Gasteiger partial charge in [-0.2, -0.15) is 0 Å². The van der Waals surface area contributed by atoms with Crippen LogP contribution < -0.4 is 0 Å². The lowest BCUT2D eigenvalue weighted by molar-refractivity contribution is -0.136. The van der Waals surface area contributed by atoms with Crippen LogP contribution in [0.25, 0.3) is 0 Å². The first-order valence-corrected chi connectivity index (χ1v) is 8.34. The van der Waals surface area contributed by atoms with Crippen LogP contribution in [-0.4, -0.2) is 16.8 Å². The predicted octanol–water partition coefficient (Wildman–Crippen LogP) is 3.98. The number of carbonyl (C=O) groups is 1. The summed E-state index contributed by atoms with van der Waals surface area (Å²) in [6.07, 6.45) is -0.199. The fourth-order valence-corrected chi connectivity index (χ4v) is 3.98. The zero-order chi connectivity index (χ0) is 17.6. The second-order valence-corrected chi connectivity index (χ2v) is 6.64. The quantitative estimate of drug-likeness (QED) is 0.846. The maximum Gasteiger partial charge on any atom is 0.308 e. The SMILES string of the molecule is CC(=O)OC1=C(C)C[C@]2(c3ccccc3)C1=Nc1ccccc1[C@@H]2O. The molecule has 0 radical (unpaired) electrons. The Bertz CT molecular complexity index is 914. The number of benzene rings is 2. The van der Waals surface area contributed by atoms with E-state index in [-0.39, 0.29) is 5.97 Å². The molecule has 0 spiro atoms.